The number of rotatable bonds is 6. The highest BCUT2D eigenvalue weighted by Crippen LogP contribution is 2.37. The molecule has 5 rings (SSSR count). The molecule has 1 saturated heterocycles. The zero-order chi connectivity index (χ0) is 28.5. The molecule has 1 amide bonds. The Labute approximate surface area is 239 Å². The Morgan fingerprint density at radius 3 is 2.50 bits per heavy atom. The number of ether oxygens (including phenoxy) is 1. The monoisotopic (exact) mass is 564 g/mol. The fourth-order valence-electron chi connectivity index (χ4n) is 5.34. The minimum Gasteiger partial charge on any atom is -0.444 e. The summed E-state index contributed by atoms with van der Waals surface area (Å²) in [5.74, 6) is 0.737. The van der Waals surface area contributed by atoms with E-state index in [4.69, 9.17) is 26.2 Å². The molecule has 40 heavy (non-hydrogen) atoms. The Morgan fingerprint density at radius 2 is 1.82 bits per heavy atom. The summed E-state index contributed by atoms with van der Waals surface area (Å²) in [5, 5.41) is 5.63. The van der Waals surface area contributed by atoms with Crippen LogP contribution in [0.1, 0.15) is 77.6 Å². The van der Waals surface area contributed by atoms with Gasteiger partial charge in [-0.15, -0.1) is 0 Å². The van der Waals surface area contributed by atoms with Gasteiger partial charge in [-0.05, 0) is 63.6 Å². The molecule has 1 spiro atoms. The minimum atomic E-state index is -0.523. The van der Waals surface area contributed by atoms with Gasteiger partial charge in [0.25, 0.3) is 5.56 Å². The Morgan fingerprint density at radius 1 is 1.10 bits per heavy atom. The molecule has 9 heteroatoms. The van der Waals surface area contributed by atoms with Crippen molar-refractivity contribution in [1.29, 1.82) is 0 Å². The van der Waals surface area contributed by atoms with Gasteiger partial charge in [0.2, 0.25) is 0 Å². The van der Waals surface area contributed by atoms with Crippen LogP contribution in [0, 0.1) is 0 Å². The lowest BCUT2D eigenvalue weighted by Crippen LogP contribution is -2.48. The average Bonchev–Trinajstić information content (AvgIpc) is 3.32. The van der Waals surface area contributed by atoms with Crippen LogP contribution in [-0.4, -0.2) is 50.5 Å². The number of piperidine rings is 1. The molecule has 2 aliphatic heterocycles. The molecule has 0 N–H and O–H groups in total. The van der Waals surface area contributed by atoms with Gasteiger partial charge in [-0.25, -0.2) is 9.78 Å². The topological polar surface area (TPSA) is 86.0 Å². The van der Waals surface area contributed by atoms with E-state index in [0.717, 1.165) is 42.0 Å². The van der Waals surface area contributed by atoms with E-state index in [1.165, 1.54) is 0 Å². The molecule has 1 fully saturated rings. The Balaban J connectivity index is 1.38. The number of aryl methyl sites for hydroxylation is 1. The van der Waals surface area contributed by atoms with Crippen LogP contribution in [-0.2, 0) is 16.0 Å². The third kappa shape index (κ3) is 6.02. The molecule has 3 heterocycles. The molecule has 1 aromatic heterocycles. The number of oxime groups is 1. The van der Waals surface area contributed by atoms with Gasteiger partial charge in [-0.1, -0.05) is 42.6 Å². The first-order valence-corrected chi connectivity index (χ1v) is 14.5. The number of amides is 1. The van der Waals surface area contributed by atoms with E-state index in [1.54, 1.807) is 21.6 Å². The van der Waals surface area contributed by atoms with Crippen LogP contribution in [0.15, 0.2) is 52.4 Å². The van der Waals surface area contributed by atoms with Crippen molar-refractivity contribution in [2.45, 2.75) is 83.8 Å². The van der Waals surface area contributed by atoms with Crippen molar-refractivity contribution in [3.8, 4) is 5.69 Å². The van der Waals surface area contributed by atoms with Crippen molar-refractivity contribution < 1.29 is 14.4 Å². The number of nitrogens with zero attached hydrogens (tertiary/aromatic N) is 4. The SMILES string of the molecule is CCCCCc1nc2cc(C3=NOC4(CCN(C(=O)OC(C)(C)C)CC4)C3)ccc2c(=O)n1-c1ccc(Cl)cc1. The first-order valence-electron chi connectivity index (χ1n) is 14.1. The van der Waals surface area contributed by atoms with Crippen LogP contribution in [0.25, 0.3) is 16.6 Å². The molecule has 0 saturated carbocycles. The van der Waals surface area contributed by atoms with Crippen molar-refractivity contribution in [3.05, 3.63) is 69.2 Å². The maximum Gasteiger partial charge on any atom is 0.410 e. The lowest BCUT2D eigenvalue weighted by Gasteiger charge is -2.37. The molecular weight excluding hydrogens is 528 g/mol. The number of benzene rings is 2. The number of hydrogen-bond donors (Lipinski definition) is 0. The zero-order valence-corrected chi connectivity index (χ0v) is 24.5. The summed E-state index contributed by atoms with van der Waals surface area (Å²) in [5.41, 5.74) is 2.10. The van der Waals surface area contributed by atoms with E-state index >= 15 is 0 Å². The normalized spacial score (nSPS) is 16.7. The van der Waals surface area contributed by atoms with Crippen LogP contribution in [0.2, 0.25) is 5.02 Å². The first-order chi connectivity index (χ1) is 19.1. The molecule has 8 nitrogen and oxygen atoms in total. The van der Waals surface area contributed by atoms with E-state index in [0.29, 0.717) is 54.7 Å². The molecule has 2 aliphatic rings. The third-order valence-electron chi connectivity index (χ3n) is 7.53. The van der Waals surface area contributed by atoms with Crippen molar-refractivity contribution >= 4 is 34.3 Å². The van der Waals surface area contributed by atoms with E-state index in [2.05, 4.69) is 12.1 Å². The summed E-state index contributed by atoms with van der Waals surface area (Å²) in [6, 6.07) is 13.0. The third-order valence-corrected chi connectivity index (χ3v) is 7.78. The highest BCUT2D eigenvalue weighted by Gasteiger charge is 2.43. The number of carbonyl (C=O) groups excluding carboxylic acids is 1. The number of unbranched alkanes of at least 4 members (excludes halogenated alkanes) is 2. The largest absolute Gasteiger partial charge is 0.444 e. The van der Waals surface area contributed by atoms with E-state index in [-0.39, 0.29) is 11.7 Å². The number of fused-ring (bicyclic) bond motifs is 1. The smallest absolute Gasteiger partial charge is 0.410 e. The van der Waals surface area contributed by atoms with Crippen molar-refractivity contribution in [3.63, 3.8) is 0 Å². The number of likely N-dealkylation sites (tertiary alicyclic amines) is 1. The number of halogens is 1. The first kappa shape index (κ1) is 28.1. The predicted molar refractivity (Wildman–Crippen MR) is 158 cm³/mol. The Kier molecular flexibility index (Phi) is 7.91. The van der Waals surface area contributed by atoms with Gasteiger partial charge in [0.15, 0.2) is 0 Å². The molecule has 212 valence electrons. The molecule has 0 unspecified atom stereocenters. The summed E-state index contributed by atoms with van der Waals surface area (Å²) in [6.07, 6.45) is 5.51. The average molecular weight is 565 g/mol. The second kappa shape index (κ2) is 11.2. The van der Waals surface area contributed by atoms with Gasteiger partial charge in [-0.2, -0.15) is 0 Å². The highest BCUT2D eigenvalue weighted by molar-refractivity contribution is 6.30. The second-order valence-corrected chi connectivity index (χ2v) is 12.2. The standard InChI is InChI=1S/C31H37ClN4O4/c1-5-6-7-8-27-33-25-19-21(9-14-24(25)28(37)36(27)23-12-10-22(32)11-13-23)26-20-31(40-34-26)15-17-35(18-16-31)29(38)39-30(2,3)4/h9-14,19H,5-8,15-18,20H2,1-4H3. The number of hydrogen-bond acceptors (Lipinski definition) is 6. The minimum absolute atomic E-state index is 0.0963. The lowest BCUT2D eigenvalue weighted by atomic mass is 9.85. The van der Waals surface area contributed by atoms with E-state index in [9.17, 15) is 9.59 Å². The highest BCUT2D eigenvalue weighted by atomic mass is 35.5. The number of aromatic nitrogens is 2. The molecular formula is C31H37ClN4O4. The van der Waals surface area contributed by atoms with Gasteiger partial charge in [0.05, 0.1) is 22.3 Å². The summed E-state index contributed by atoms with van der Waals surface area (Å²) < 4.78 is 7.23. The summed E-state index contributed by atoms with van der Waals surface area (Å²) >= 11 is 6.11. The Bertz CT molecular complexity index is 1480. The summed E-state index contributed by atoms with van der Waals surface area (Å²) in [6.45, 7) is 8.89. The van der Waals surface area contributed by atoms with Gasteiger partial charge in [-0.3, -0.25) is 9.36 Å². The predicted octanol–water partition coefficient (Wildman–Crippen LogP) is 6.67. The van der Waals surface area contributed by atoms with Crippen LogP contribution in [0.3, 0.4) is 0 Å². The van der Waals surface area contributed by atoms with Crippen LogP contribution >= 0.6 is 11.6 Å². The van der Waals surface area contributed by atoms with Crippen LogP contribution in [0.5, 0.6) is 0 Å². The van der Waals surface area contributed by atoms with Gasteiger partial charge in [0, 0.05) is 49.4 Å². The van der Waals surface area contributed by atoms with E-state index < -0.39 is 11.2 Å². The molecule has 0 radical (unpaired) electrons. The maximum atomic E-state index is 13.7. The fraction of sp³-hybridized carbons (Fsp3) is 0.484. The molecule has 2 aromatic carbocycles. The zero-order valence-electron chi connectivity index (χ0n) is 23.7. The van der Waals surface area contributed by atoms with Crippen molar-refractivity contribution in [1.82, 2.24) is 14.5 Å². The molecule has 3 aromatic rings. The molecule has 0 bridgehead atoms. The molecule has 0 aliphatic carbocycles. The quantitative estimate of drug-likeness (QED) is 0.312. The molecule has 0 atom stereocenters. The fourth-order valence-corrected chi connectivity index (χ4v) is 5.46. The van der Waals surface area contributed by atoms with Crippen molar-refractivity contribution in [2.75, 3.05) is 13.1 Å². The summed E-state index contributed by atoms with van der Waals surface area (Å²) in [7, 11) is 0. The van der Waals surface area contributed by atoms with Crippen molar-refractivity contribution in [2.24, 2.45) is 5.16 Å². The van der Waals surface area contributed by atoms with Gasteiger partial charge < -0.3 is 14.5 Å². The summed E-state index contributed by atoms with van der Waals surface area (Å²) in [4.78, 5) is 38.9. The van der Waals surface area contributed by atoms with Crippen LogP contribution in [0.4, 0.5) is 4.79 Å². The van der Waals surface area contributed by atoms with Crippen LogP contribution < -0.4 is 5.56 Å². The second-order valence-electron chi connectivity index (χ2n) is 11.8. The number of carbonyl (C=O) groups is 1. The Hall–Kier alpha value is -3.39. The van der Waals surface area contributed by atoms with Gasteiger partial charge in [0.1, 0.15) is 17.0 Å². The lowest BCUT2D eigenvalue weighted by molar-refractivity contribution is -0.0639. The van der Waals surface area contributed by atoms with E-state index in [1.807, 2.05) is 51.1 Å². The maximum absolute atomic E-state index is 13.7. The van der Waals surface area contributed by atoms with Gasteiger partial charge >= 0.3 is 6.09 Å².